The fourth-order valence-electron chi connectivity index (χ4n) is 5.70. The molecule has 0 amide bonds. The number of nitrogens with zero attached hydrogens (tertiary/aromatic N) is 5. The number of hydrogen-bond acceptors (Lipinski definition) is 5. The molecule has 2 fully saturated rings. The number of alkyl halides is 3. The number of allylic oxidation sites excluding steroid dienone is 1. The van der Waals surface area contributed by atoms with Gasteiger partial charge in [-0.25, -0.2) is 14.6 Å². The highest BCUT2D eigenvalue weighted by molar-refractivity contribution is 5.98. The van der Waals surface area contributed by atoms with Crippen LogP contribution in [-0.2, 0) is 17.3 Å². The van der Waals surface area contributed by atoms with Gasteiger partial charge in [0, 0.05) is 36.2 Å². The van der Waals surface area contributed by atoms with Crippen LogP contribution in [0.2, 0.25) is 0 Å². The normalized spacial score (nSPS) is 21.2. The summed E-state index contributed by atoms with van der Waals surface area (Å²) in [6, 6.07) is 2.72. The Bertz CT molecular complexity index is 1270. The summed E-state index contributed by atoms with van der Waals surface area (Å²) in [6.45, 7) is 2.56. The van der Waals surface area contributed by atoms with Crippen molar-refractivity contribution in [2.45, 2.75) is 63.8 Å². The van der Waals surface area contributed by atoms with E-state index in [2.05, 4.69) is 20.0 Å². The van der Waals surface area contributed by atoms with Gasteiger partial charge >= 0.3 is 6.18 Å². The average molecular weight is 484 g/mol. The van der Waals surface area contributed by atoms with E-state index in [1.54, 1.807) is 10.9 Å². The molecular weight excluding hydrogens is 455 g/mol. The van der Waals surface area contributed by atoms with Crippen LogP contribution in [0.4, 0.5) is 19.0 Å². The molecule has 9 heteroatoms. The lowest BCUT2D eigenvalue weighted by molar-refractivity contribution is -0.137. The molecule has 2 aliphatic heterocycles. The van der Waals surface area contributed by atoms with Crippen molar-refractivity contribution < 1.29 is 17.9 Å². The van der Waals surface area contributed by atoms with Gasteiger partial charge in [0.1, 0.15) is 12.1 Å². The Hall–Kier alpha value is -2.94. The minimum absolute atomic E-state index is 0.209. The van der Waals surface area contributed by atoms with E-state index in [1.807, 2.05) is 6.08 Å². The lowest BCUT2D eigenvalue weighted by atomic mass is 9.87. The van der Waals surface area contributed by atoms with Crippen LogP contribution in [0, 0.1) is 0 Å². The van der Waals surface area contributed by atoms with E-state index in [9.17, 15) is 13.2 Å². The van der Waals surface area contributed by atoms with E-state index in [1.165, 1.54) is 24.9 Å². The molecule has 35 heavy (non-hydrogen) atoms. The van der Waals surface area contributed by atoms with E-state index in [-0.39, 0.29) is 11.8 Å². The fourth-order valence-corrected chi connectivity index (χ4v) is 5.70. The van der Waals surface area contributed by atoms with Crippen LogP contribution in [0.25, 0.3) is 22.6 Å². The second-order valence-electron chi connectivity index (χ2n) is 9.61. The molecule has 6 nitrogen and oxygen atoms in total. The van der Waals surface area contributed by atoms with Crippen LogP contribution in [0.15, 0.2) is 24.7 Å². The summed E-state index contributed by atoms with van der Waals surface area (Å²) in [5, 5.41) is 4.99. The van der Waals surface area contributed by atoms with Crippen LogP contribution in [-0.4, -0.2) is 39.4 Å². The number of aromatic nitrogens is 4. The highest BCUT2D eigenvalue weighted by Crippen LogP contribution is 2.43. The topological polar surface area (TPSA) is 56.1 Å². The number of ether oxygens (including phenoxy) is 1. The maximum absolute atomic E-state index is 14.2. The first kappa shape index (κ1) is 22.5. The number of anilines is 1. The molecule has 6 rings (SSSR count). The average Bonchev–Trinajstić information content (AvgIpc) is 3.32. The SMILES string of the molecule is FC(F)(F)c1ccc2c(cnn2C2CCCCO2)c1C1=Cc2ncnc(N3CCCCC3)c2CC1. The van der Waals surface area contributed by atoms with Crippen LogP contribution >= 0.6 is 0 Å². The lowest BCUT2D eigenvalue weighted by Crippen LogP contribution is -2.31. The first-order chi connectivity index (χ1) is 17.0. The molecule has 4 heterocycles. The minimum Gasteiger partial charge on any atom is -0.356 e. The summed E-state index contributed by atoms with van der Waals surface area (Å²) in [4.78, 5) is 11.3. The van der Waals surface area contributed by atoms with Crippen molar-refractivity contribution in [2.75, 3.05) is 24.6 Å². The third-order valence-electron chi connectivity index (χ3n) is 7.40. The Morgan fingerprint density at radius 3 is 2.60 bits per heavy atom. The number of piperidine rings is 1. The van der Waals surface area contributed by atoms with Gasteiger partial charge in [-0.05, 0) is 75.1 Å². The van der Waals surface area contributed by atoms with E-state index < -0.39 is 11.7 Å². The monoisotopic (exact) mass is 483 g/mol. The lowest BCUT2D eigenvalue weighted by Gasteiger charge is -2.31. The Morgan fingerprint density at radius 1 is 0.971 bits per heavy atom. The molecule has 3 aromatic rings. The predicted octanol–water partition coefficient (Wildman–Crippen LogP) is 6.02. The van der Waals surface area contributed by atoms with Crippen molar-refractivity contribution in [1.29, 1.82) is 0 Å². The summed E-state index contributed by atoms with van der Waals surface area (Å²) in [5.74, 6) is 0.932. The Balaban J connectivity index is 1.46. The molecule has 0 bridgehead atoms. The zero-order chi connectivity index (χ0) is 24.0. The number of benzene rings is 1. The third-order valence-corrected chi connectivity index (χ3v) is 7.40. The second kappa shape index (κ2) is 8.93. The highest BCUT2D eigenvalue weighted by atomic mass is 19.4. The molecule has 1 unspecified atom stereocenters. The largest absolute Gasteiger partial charge is 0.417 e. The van der Waals surface area contributed by atoms with Crippen LogP contribution in [0.1, 0.15) is 73.6 Å². The van der Waals surface area contributed by atoms with Gasteiger partial charge in [-0.3, -0.25) is 0 Å². The summed E-state index contributed by atoms with van der Waals surface area (Å²) < 4.78 is 50.2. The fraction of sp³-hybridized carbons (Fsp3) is 0.500. The van der Waals surface area contributed by atoms with Crippen LogP contribution in [0.5, 0.6) is 0 Å². The number of hydrogen-bond donors (Lipinski definition) is 0. The summed E-state index contributed by atoms with van der Waals surface area (Å²) in [6.07, 6.45) is 7.61. The summed E-state index contributed by atoms with van der Waals surface area (Å²) in [5.41, 5.74) is 2.64. The van der Waals surface area contributed by atoms with Gasteiger partial charge in [-0.2, -0.15) is 18.3 Å². The quantitative estimate of drug-likeness (QED) is 0.456. The molecule has 1 atom stereocenters. The van der Waals surface area contributed by atoms with Crippen LogP contribution < -0.4 is 4.90 Å². The van der Waals surface area contributed by atoms with Gasteiger partial charge in [0.05, 0.1) is 23.0 Å². The number of halogens is 3. The molecule has 0 radical (unpaired) electrons. The summed E-state index contributed by atoms with van der Waals surface area (Å²) >= 11 is 0. The van der Waals surface area contributed by atoms with Gasteiger partial charge in [0.25, 0.3) is 0 Å². The van der Waals surface area contributed by atoms with E-state index in [0.717, 1.165) is 62.3 Å². The van der Waals surface area contributed by atoms with Crippen molar-refractivity contribution in [3.63, 3.8) is 0 Å². The first-order valence-corrected chi connectivity index (χ1v) is 12.5. The van der Waals surface area contributed by atoms with Crippen molar-refractivity contribution in [2.24, 2.45) is 0 Å². The zero-order valence-electron chi connectivity index (χ0n) is 19.5. The molecule has 0 spiro atoms. The molecule has 0 N–H and O–H groups in total. The smallest absolute Gasteiger partial charge is 0.356 e. The number of rotatable bonds is 3. The van der Waals surface area contributed by atoms with Crippen molar-refractivity contribution in [1.82, 2.24) is 19.7 Å². The maximum Gasteiger partial charge on any atom is 0.417 e. The molecule has 1 aliphatic carbocycles. The van der Waals surface area contributed by atoms with E-state index >= 15 is 0 Å². The molecule has 2 aromatic heterocycles. The Kier molecular flexibility index (Phi) is 5.75. The van der Waals surface area contributed by atoms with Crippen molar-refractivity contribution >= 4 is 28.4 Å². The van der Waals surface area contributed by atoms with Crippen molar-refractivity contribution in [3.05, 3.63) is 47.0 Å². The van der Waals surface area contributed by atoms with Gasteiger partial charge in [0.2, 0.25) is 0 Å². The highest BCUT2D eigenvalue weighted by Gasteiger charge is 2.36. The molecule has 184 valence electrons. The molecule has 1 aromatic carbocycles. The zero-order valence-corrected chi connectivity index (χ0v) is 19.5. The second-order valence-corrected chi connectivity index (χ2v) is 9.61. The van der Waals surface area contributed by atoms with Gasteiger partial charge in [-0.1, -0.05) is 0 Å². The molecular formula is C26H28F3N5O. The van der Waals surface area contributed by atoms with Crippen molar-refractivity contribution in [3.8, 4) is 0 Å². The van der Waals surface area contributed by atoms with Crippen LogP contribution in [0.3, 0.4) is 0 Å². The first-order valence-electron chi connectivity index (χ1n) is 12.5. The predicted molar refractivity (Wildman–Crippen MR) is 128 cm³/mol. The maximum atomic E-state index is 14.2. The summed E-state index contributed by atoms with van der Waals surface area (Å²) in [7, 11) is 0. The van der Waals surface area contributed by atoms with Gasteiger partial charge in [0.15, 0.2) is 6.23 Å². The van der Waals surface area contributed by atoms with E-state index in [4.69, 9.17) is 4.74 Å². The van der Waals surface area contributed by atoms with E-state index in [0.29, 0.717) is 35.9 Å². The van der Waals surface area contributed by atoms with Gasteiger partial charge < -0.3 is 9.64 Å². The Labute approximate surface area is 201 Å². The standard InChI is InChI=1S/C26H28F3N5O/c27-26(28,29)20-9-10-22-19(15-32-34(22)23-6-2-5-13-35-23)24(20)17-7-8-18-21(14-17)30-16-31-25(18)33-11-3-1-4-12-33/h9-10,14-16,23H,1-8,11-13H2. The Morgan fingerprint density at radius 2 is 1.83 bits per heavy atom. The minimum atomic E-state index is -4.47. The third kappa shape index (κ3) is 4.09. The molecule has 0 saturated carbocycles. The number of fused-ring (bicyclic) bond motifs is 2. The van der Waals surface area contributed by atoms with Gasteiger partial charge in [-0.15, -0.1) is 0 Å². The molecule has 3 aliphatic rings. The molecule has 2 saturated heterocycles.